The van der Waals surface area contributed by atoms with Crippen LogP contribution in [0.2, 0.25) is 0 Å². The monoisotopic (exact) mass is 309 g/mol. The van der Waals surface area contributed by atoms with Gasteiger partial charge in [0.05, 0.1) is 5.69 Å². The molecule has 0 atom stereocenters. The lowest BCUT2D eigenvalue weighted by molar-refractivity contribution is 0.334. The molecule has 1 aliphatic rings. The molecular formula is C15H23N3O2S. The van der Waals surface area contributed by atoms with Crippen molar-refractivity contribution in [1.82, 2.24) is 0 Å². The lowest BCUT2D eigenvalue weighted by atomic mass is 9.87. The Balaban J connectivity index is 2.00. The zero-order valence-corrected chi connectivity index (χ0v) is 13.4. The number of nitrogens with zero attached hydrogens (tertiary/aromatic N) is 2. The molecule has 0 unspecified atom stereocenters. The number of benzene rings is 1. The number of nitrogens with two attached hydrogens (primary N) is 1. The average molecular weight is 309 g/mol. The molecule has 0 radical (unpaired) electrons. The Hall–Kier alpha value is -1.40. The lowest BCUT2D eigenvalue weighted by Crippen LogP contribution is -2.28. The van der Waals surface area contributed by atoms with Gasteiger partial charge in [0.15, 0.2) is 0 Å². The molecule has 2 N–H and O–H groups in total. The van der Waals surface area contributed by atoms with E-state index in [1.807, 2.05) is 17.0 Å². The summed E-state index contributed by atoms with van der Waals surface area (Å²) in [6.07, 6.45) is 4.52. The van der Waals surface area contributed by atoms with Crippen molar-refractivity contribution in [1.29, 1.82) is 0 Å². The maximum absolute atomic E-state index is 11.9. The number of rotatable bonds is 6. The Morgan fingerprint density at radius 1 is 1.24 bits per heavy atom. The number of para-hydroxylation sites is 1. The zero-order chi connectivity index (χ0) is 15.5. The van der Waals surface area contributed by atoms with Crippen LogP contribution in [0.1, 0.15) is 33.1 Å². The first-order valence-electron chi connectivity index (χ1n) is 7.22. The van der Waals surface area contributed by atoms with Gasteiger partial charge in [-0.3, -0.25) is 0 Å². The first-order chi connectivity index (χ1) is 9.86. The smallest absolute Gasteiger partial charge is 0.285 e. The van der Waals surface area contributed by atoms with Crippen LogP contribution in [0.4, 0.5) is 5.69 Å². The fourth-order valence-electron chi connectivity index (χ4n) is 2.32. The van der Waals surface area contributed by atoms with Crippen LogP contribution in [0, 0.1) is 5.41 Å². The van der Waals surface area contributed by atoms with Gasteiger partial charge in [-0.1, -0.05) is 32.4 Å². The van der Waals surface area contributed by atoms with Crippen LogP contribution < -0.4 is 10.6 Å². The second kappa shape index (κ2) is 6.15. The second-order valence-corrected chi connectivity index (χ2v) is 7.78. The van der Waals surface area contributed by atoms with Crippen LogP contribution in [-0.2, 0) is 10.0 Å². The van der Waals surface area contributed by atoms with Crippen molar-refractivity contribution in [3.63, 3.8) is 0 Å². The van der Waals surface area contributed by atoms with E-state index in [0.717, 1.165) is 25.8 Å². The average Bonchev–Trinajstić information content (AvgIpc) is 2.46. The molecule has 0 fully saturated rings. The summed E-state index contributed by atoms with van der Waals surface area (Å²) >= 11 is 0. The quantitative estimate of drug-likeness (QED) is 0.819. The largest absolute Gasteiger partial charge is 0.331 e. The van der Waals surface area contributed by atoms with Gasteiger partial charge in [-0.15, -0.1) is 4.40 Å². The van der Waals surface area contributed by atoms with Gasteiger partial charge in [0.25, 0.3) is 10.0 Å². The number of fused-ring (bicyclic) bond motifs is 1. The van der Waals surface area contributed by atoms with Gasteiger partial charge in [0, 0.05) is 6.54 Å². The van der Waals surface area contributed by atoms with Gasteiger partial charge >= 0.3 is 0 Å². The molecule has 1 aromatic carbocycles. The zero-order valence-electron chi connectivity index (χ0n) is 12.6. The number of sulfonamides is 1. The van der Waals surface area contributed by atoms with E-state index in [1.54, 1.807) is 12.1 Å². The summed E-state index contributed by atoms with van der Waals surface area (Å²) in [5.41, 5.74) is 6.60. The molecule has 6 heteroatoms. The molecule has 116 valence electrons. The molecule has 21 heavy (non-hydrogen) atoms. The predicted molar refractivity (Wildman–Crippen MR) is 86.2 cm³/mol. The Labute approximate surface area is 126 Å². The van der Waals surface area contributed by atoms with Crippen molar-refractivity contribution < 1.29 is 8.42 Å². The van der Waals surface area contributed by atoms with Gasteiger partial charge in [-0.05, 0) is 36.9 Å². The fraction of sp³-hybridized carbons (Fsp3) is 0.533. The highest BCUT2D eigenvalue weighted by Crippen LogP contribution is 2.29. The van der Waals surface area contributed by atoms with Gasteiger partial charge in [0.2, 0.25) is 0 Å². The van der Waals surface area contributed by atoms with E-state index in [0.29, 0.717) is 12.2 Å². The van der Waals surface area contributed by atoms with Crippen LogP contribution in [0.25, 0.3) is 0 Å². The number of unbranched alkanes of at least 4 members (excludes halogenated alkanes) is 1. The second-order valence-electron chi connectivity index (χ2n) is 6.18. The van der Waals surface area contributed by atoms with Crippen LogP contribution in [-0.4, -0.2) is 27.8 Å². The van der Waals surface area contributed by atoms with E-state index in [-0.39, 0.29) is 10.3 Å². The third kappa shape index (κ3) is 3.83. The molecule has 0 spiro atoms. The maximum Gasteiger partial charge on any atom is 0.285 e. The minimum absolute atomic E-state index is 0.164. The molecule has 0 bridgehead atoms. The number of hydrogen-bond acceptors (Lipinski definition) is 4. The Morgan fingerprint density at radius 2 is 1.95 bits per heavy atom. The molecule has 0 aromatic heterocycles. The first-order valence-corrected chi connectivity index (χ1v) is 8.66. The van der Waals surface area contributed by atoms with Gasteiger partial charge in [0.1, 0.15) is 11.2 Å². The topological polar surface area (TPSA) is 75.8 Å². The minimum atomic E-state index is -3.52. The summed E-state index contributed by atoms with van der Waals surface area (Å²) in [7, 11) is -3.52. The molecule has 0 saturated carbocycles. The SMILES string of the molecule is CC(C)(CN)CCCCN1C=NS(=O)(=O)c2ccccc21. The maximum atomic E-state index is 11.9. The fourth-order valence-corrected chi connectivity index (χ4v) is 3.37. The molecule has 0 amide bonds. The lowest BCUT2D eigenvalue weighted by Gasteiger charge is -2.26. The Bertz CT molecular complexity index is 624. The van der Waals surface area contributed by atoms with Crippen molar-refractivity contribution in [2.45, 2.75) is 38.0 Å². The molecule has 5 nitrogen and oxygen atoms in total. The van der Waals surface area contributed by atoms with Crippen LogP contribution in [0.15, 0.2) is 33.6 Å². The third-order valence-corrected chi connectivity index (χ3v) is 5.11. The summed E-state index contributed by atoms with van der Waals surface area (Å²) in [4.78, 5) is 2.20. The summed E-state index contributed by atoms with van der Waals surface area (Å²) in [6.45, 7) is 5.77. The molecule has 2 rings (SSSR count). The molecule has 1 heterocycles. The van der Waals surface area contributed by atoms with Crippen LogP contribution >= 0.6 is 0 Å². The van der Waals surface area contributed by atoms with Gasteiger partial charge < -0.3 is 10.6 Å². The van der Waals surface area contributed by atoms with E-state index in [9.17, 15) is 8.42 Å². The summed E-state index contributed by atoms with van der Waals surface area (Å²) < 4.78 is 27.4. The van der Waals surface area contributed by atoms with Crippen molar-refractivity contribution in [3.05, 3.63) is 24.3 Å². The first kappa shape index (κ1) is 16.0. The molecule has 1 aromatic rings. The highest BCUT2D eigenvalue weighted by Gasteiger charge is 2.24. The minimum Gasteiger partial charge on any atom is -0.331 e. The number of anilines is 1. The summed E-state index contributed by atoms with van der Waals surface area (Å²) in [5, 5.41) is 0. The van der Waals surface area contributed by atoms with E-state index >= 15 is 0 Å². The molecular weight excluding hydrogens is 286 g/mol. The van der Waals surface area contributed by atoms with Crippen LogP contribution in [0.5, 0.6) is 0 Å². The highest BCUT2D eigenvalue weighted by molar-refractivity contribution is 7.90. The van der Waals surface area contributed by atoms with Crippen molar-refractivity contribution in [2.75, 3.05) is 18.0 Å². The molecule has 1 aliphatic heterocycles. The highest BCUT2D eigenvalue weighted by atomic mass is 32.2. The van der Waals surface area contributed by atoms with Crippen molar-refractivity contribution in [2.24, 2.45) is 15.5 Å². The Morgan fingerprint density at radius 3 is 2.67 bits per heavy atom. The molecule has 0 saturated heterocycles. The standard InChI is InChI=1S/C15H23N3O2S/c1-15(2,11-16)9-5-6-10-18-12-17-21(19,20)14-8-4-3-7-13(14)18/h3-4,7-8,12H,5-6,9-11,16H2,1-2H3. The summed E-state index contributed by atoms with van der Waals surface area (Å²) in [6, 6.07) is 6.99. The number of hydrogen-bond donors (Lipinski definition) is 1. The van der Waals surface area contributed by atoms with E-state index < -0.39 is 10.0 Å². The van der Waals surface area contributed by atoms with Crippen LogP contribution in [0.3, 0.4) is 0 Å². The van der Waals surface area contributed by atoms with Crippen molar-refractivity contribution in [3.8, 4) is 0 Å². The molecule has 0 aliphatic carbocycles. The van der Waals surface area contributed by atoms with E-state index in [2.05, 4.69) is 18.2 Å². The summed E-state index contributed by atoms with van der Waals surface area (Å²) in [5.74, 6) is 0. The predicted octanol–water partition coefficient (Wildman–Crippen LogP) is 2.38. The third-order valence-electron chi connectivity index (χ3n) is 3.83. The van der Waals surface area contributed by atoms with E-state index in [1.165, 1.54) is 6.34 Å². The normalized spacial score (nSPS) is 16.8. The van der Waals surface area contributed by atoms with Crippen molar-refractivity contribution >= 4 is 22.0 Å². The van der Waals surface area contributed by atoms with E-state index in [4.69, 9.17) is 5.73 Å². The Kier molecular flexibility index (Phi) is 4.68. The van der Waals surface area contributed by atoms with Gasteiger partial charge in [-0.25, -0.2) is 0 Å². The van der Waals surface area contributed by atoms with Gasteiger partial charge in [-0.2, -0.15) is 8.42 Å².